The van der Waals surface area contributed by atoms with Gasteiger partial charge < -0.3 is 10.2 Å². The lowest BCUT2D eigenvalue weighted by atomic mass is 9.72. The van der Waals surface area contributed by atoms with Crippen molar-refractivity contribution in [1.29, 1.82) is 0 Å². The molecule has 2 aromatic carbocycles. The van der Waals surface area contributed by atoms with Gasteiger partial charge in [-0.25, -0.2) is 5.10 Å². The van der Waals surface area contributed by atoms with Crippen molar-refractivity contribution in [2.75, 3.05) is 19.6 Å². The van der Waals surface area contributed by atoms with Gasteiger partial charge in [-0.2, -0.15) is 5.10 Å². The van der Waals surface area contributed by atoms with Crippen molar-refractivity contribution in [3.8, 4) is 11.1 Å². The van der Waals surface area contributed by atoms with Crippen LogP contribution in [0.1, 0.15) is 35.8 Å². The summed E-state index contributed by atoms with van der Waals surface area (Å²) in [6.07, 6.45) is 1.71. The Kier molecular flexibility index (Phi) is 6.68. The molecule has 1 aliphatic rings. The molecule has 33 heavy (non-hydrogen) atoms. The summed E-state index contributed by atoms with van der Waals surface area (Å²) in [6, 6.07) is 21.1. The standard InChI is InChI=1S/C26H28N4O3/c1-2-27-25(33)26(18-20-10-6-7-11-21(20)19-8-4-3-5-9-19)14-16-30(17-15-26)24(32)22-12-13-23(31)29-28-22/h3-13H,2,14-18H2,1H3,(H,27,33)(H,29,31). The fraction of sp³-hybridized carbons (Fsp3) is 0.308. The summed E-state index contributed by atoms with van der Waals surface area (Å²) in [5.74, 6) is -0.206. The number of amides is 2. The van der Waals surface area contributed by atoms with Crippen molar-refractivity contribution >= 4 is 11.8 Å². The lowest BCUT2D eigenvalue weighted by molar-refractivity contribution is -0.133. The van der Waals surface area contributed by atoms with E-state index in [1.807, 2.05) is 37.3 Å². The second kappa shape index (κ2) is 9.81. The fourth-order valence-electron chi connectivity index (χ4n) is 4.53. The second-order valence-electron chi connectivity index (χ2n) is 8.44. The Bertz CT molecular complexity index is 1160. The van der Waals surface area contributed by atoms with Gasteiger partial charge in [-0.1, -0.05) is 54.6 Å². The van der Waals surface area contributed by atoms with E-state index in [0.29, 0.717) is 38.9 Å². The maximum Gasteiger partial charge on any atom is 0.274 e. The van der Waals surface area contributed by atoms with Crippen LogP contribution in [0.15, 0.2) is 71.5 Å². The maximum atomic E-state index is 13.3. The molecular weight excluding hydrogens is 416 g/mol. The molecule has 1 saturated heterocycles. The molecule has 4 rings (SSSR count). The first-order valence-electron chi connectivity index (χ1n) is 11.3. The topological polar surface area (TPSA) is 95.2 Å². The number of nitrogens with zero attached hydrogens (tertiary/aromatic N) is 2. The third-order valence-corrected chi connectivity index (χ3v) is 6.36. The molecule has 0 spiro atoms. The smallest absolute Gasteiger partial charge is 0.274 e. The van der Waals surface area contributed by atoms with Crippen molar-refractivity contribution in [2.24, 2.45) is 5.41 Å². The van der Waals surface area contributed by atoms with Gasteiger partial charge >= 0.3 is 0 Å². The Morgan fingerprint density at radius 3 is 2.36 bits per heavy atom. The van der Waals surface area contributed by atoms with Crippen molar-refractivity contribution in [1.82, 2.24) is 20.4 Å². The number of rotatable bonds is 6. The van der Waals surface area contributed by atoms with E-state index in [0.717, 1.165) is 16.7 Å². The van der Waals surface area contributed by atoms with E-state index in [-0.39, 0.29) is 23.1 Å². The van der Waals surface area contributed by atoms with Gasteiger partial charge in [-0.15, -0.1) is 0 Å². The largest absolute Gasteiger partial charge is 0.356 e. The molecule has 2 N–H and O–H groups in total. The quantitative estimate of drug-likeness (QED) is 0.611. The molecule has 2 heterocycles. The van der Waals surface area contributed by atoms with Gasteiger partial charge in [0.05, 0.1) is 5.41 Å². The van der Waals surface area contributed by atoms with Crippen LogP contribution in [0.5, 0.6) is 0 Å². The van der Waals surface area contributed by atoms with Crippen molar-refractivity contribution in [3.05, 3.63) is 88.3 Å². The van der Waals surface area contributed by atoms with Gasteiger partial charge in [0, 0.05) is 25.7 Å². The third kappa shape index (κ3) is 4.87. The number of carbonyl (C=O) groups excluding carboxylic acids is 2. The summed E-state index contributed by atoms with van der Waals surface area (Å²) in [5.41, 5.74) is 2.62. The molecule has 7 heteroatoms. The lowest BCUT2D eigenvalue weighted by Gasteiger charge is -2.41. The molecule has 0 atom stereocenters. The molecule has 1 aliphatic heterocycles. The summed E-state index contributed by atoms with van der Waals surface area (Å²) in [4.78, 5) is 39.1. The molecule has 3 aromatic rings. The second-order valence-corrected chi connectivity index (χ2v) is 8.44. The highest BCUT2D eigenvalue weighted by molar-refractivity contribution is 5.92. The van der Waals surface area contributed by atoms with Crippen LogP contribution in [0, 0.1) is 5.41 Å². The predicted molar refractivity (Wildman–Crippen MR) is 127 cm³/mol. The predicted octanol–water partition coefficient (Wildman–Crippen LogP) is 3.04. The Morgan fingerprint density at radius 1 is 1.00 bits per heavy atom. The zero-order valence-electron chi connectivity index (χ0n) is 18.7. The van der Waals surface area contributed by atoms with Gasteiger partial charge in [-0.3, -0.25) is 14.4 Å². The highest BCUT2D eigenvalue weighted by Crippen LogP contribution is 2.38. The van der Waals surface area contributed by atoms with Crippen molar-refractivity contribution in [3.63, 3.8) is 0 Å². The number of H-pyrrole nitrogens is 1. The van der Waals surface area contributed by atoms with Gasteiger partial charge in [0.25, 0.3) is 11.5 Å². The zero-order chi connectivity index (χ0) is 23.3. The number of benzene rings is 2. The van der Waals surface area contributed by atoms with Crippen LogP contribution in [-0.2, 0) is 11.2 Å². The molecular formula is C26H28N4O3. The minimum Gasteiger partial charge on any atom is -0.356 e. The highest BCUT2D eigenvalue weighted by atomic mass is 16.2. The van der Waals surface area contributed by atoms with Crippen LogP contribution in [-0.4, -0.2) is 46.5 Å². The molecule has 0 unspecified atom stereocenters. The molecule has 0 radical (unpaired) electrons. The first kappa shape index (κ1) is 22.5. The fourth-order valence-corrected chi connectivity index (χ4v) is 4.53. The monoisotopic (exact) mass is 444 g/mol. The van der Waals surface area contributed by atoms with Crippen molar-refractivity contribution < 1.29 is 9.59 Å². The van der Waals surface area contributed by atoms with E-state index in [2.05, 4.69) is 39.8 Å². The summed E-state index contributed by atoms with van der Waals surface area (Å²) in [7, 11) is 0. The molecule has 7 nitrogen and oxygen atoms in total. The number of hydrogen-bond donors (Lipinski definition) is 2. The Morgan fingerprint density at radius 2 is 1.70 bits per heavy atom. The number of aromatic nitrogens is 2. The summed E-state index contributed by atoms with van der Waals surface area (Å²) in [5, 5.41) is 9.19. The molecule has 1 aromatic heterocycles. The number of aromatic amines is 1. The Balaban J connectivity index is 1.58. The van der Waals surface area contributed by atoms with Crippen LogP contribution in [0.3, 0.4) is 0 Å². The average Bonchev–Trinajstić information content (AvgIpc) is 2.85. The van der Waals surface area contributed by atoms with Crippen LogP contribution in [0.2, 0.25) is 0 Å². The number of nitrogens with one attached hydrogen (secondary N) is 2. The van der Waals surface area contributed by atoms with Crippen LogP contribution in [0.4, 0.5) is 0 Å². The normalized spacial score (nSPS) is 15.1. The third-order valence-electron chi connectivity index (χ3n) is 6.36. The molecule has 0 saturated carbocycles. The maximum absolute atomic E-state index is 13.3. The summed E-state index contributed by atoms with van der Waals surface area (Å²) < 4.78 is 0. The SMILES string of the molecule is CCNC(=O)C1(Cc2ccccc2-c2ccccc2)CCN(C(=O)c2ccc(=O)[nH]n2)CC1. The van der Waals surface area contributed by atoms with Gasteiger partial charge in [-0.05, 0) is 48.9 Å². The summed E-state index contributed by atoms with van der Waals surface area (Å²) >= 11 is 0. The van der Waals surface area contributed by atoms with Crippen molar-refractivity contribution in [2.45, 2.75) is 26.2 Å². The highest BCUT2D eigenvalue weighted by Gasteiger charge is 2.42. The zero-order valence-corrected chi connectivity index (χ0v) is 18.7. The number of carbonyl (C=O) groups is 2. The van der Waals surface area contributed by atoms with E-state index < -0.39 is 5.41 Å². The molecule has 2 amide bonds. The first-order valence-corrected chi connectivity index (χ1v) is 11.3. The van der Waals surface area contributed by atoms with Crippen LogP contribution >= 0.6 is 0 Å². The average molecular weight is 445 g/mol. The molecule has 0 bridgehead atoms. The summed E-state index contributed by atoms with van der Waals surface area (Å²) in [6.45, 7) is 3.38. The lowest BCUT2D eigenvalue weighted by Crippen LogP contribution is -2.51. The minimum absolute atomic E-state index is 0.0297. The molecule has 170 valence electrons. The first-order chi connectivity index (χ1) is 16.0. The van der Waals surface area contributed by atoms with Gasteiger partial charge in [0.15, 0.2) is 0 Å². The number of piperidine rings is 1. The molecule has 1 fully saturated rings. The number of hydrogen-bond acceptors (Lipinski definition) is 4. The van der Waals surface area contributed by atoms with Crippen LogP contribution < -0.4 is 10.9 Å². The number of likely N-dealkylation sites (tertiary alicyclic amines) is 1. The Hall–Kier alpha value is -3.74. The van der Waals surface area contributed by atoms with E-state index in [9.17, 15) is 14.4 Å². The van der Waals surface area contributed by atoms with E-state index in [1.165, 1.54) is 12.1 Å². The van der Waals surface area contributed by atoms with Gasteiger partial charge in [0.2, 0.25) is 5.91 Å². The van der Waals surface area contributed by atoms with E-state index in [1.54, 1.807) is 4.90 Å². The molecule has 0 aliphatic carbocycles. The van der Waals surface area contributed by atoms with Gasteiger partial charge in [0.1, 0.15) is 5.69 Å². The van der Waals surface area contributed by atoms with Crippen LogP contribution in [0.25, 0.3) is 11.1 Å². The van der Waals surface area contributed by atoms with E-state index in [4.69, 9.17) is 0 Å². The minimum atomic E-state index is -0.601. The van der Waals surface area contributed by atoms with E-state index >= 15 is 0 Å². The Labute approximate surface area is 192 Å².